The summed E-state index contributed by atoms with van der Waals surface area (Å²) in [5.74, 6) is -2.16. The van der Waals surface area contributed by atoms with E-state index in [1.54, 1.807) is 0 Å². The molecule has 148 valence electrons. The van der Waals surface area contributed by atoms with Gasteiger partial charge < -0.3 is 14.2 Å². The zero-order valence-electron chi connectivity index (χ0n) is 16.1. The summed E-state index contributed by atoms with van der Waals surface area (Å²) in [4.78, 5) is 39.3. The van der Waals surface area contributed by atoms with Crippen LogP contribution in [0.15, 0.2) is 30.3 Å². The minimum atomic E-state index is -1.76. The van der Waals surface area contributed by atoms with Gasteiger partial charge in [0, 0.05) is 6.54 Å². The maximum Gasteiger partial charge on any atom is 0.340 e. The first-order chi connectivity index (χ1) is 13.0. The smallest absolute Gasteiger partial charge is 0.340 e. The molecule has 1 aromatic rings. The van der Waals surface area contributed by atoms with Crippen LogP contribution in [-0.4, -0.2) is 61.3 Å². The number of carbonyl (C=O) groups is 3. The van der Waals surface area contributed by atoms with Crippen LogP contribution < -0.4 is 0 Å². The van der Waals surface area contributed by atoms with E-state index in [2.05, 4.69) is 0 Å². The molecule has 0 spiro atoms. The molecule has 0 saturated carbocycles. The van der Waals surface area contributed by atoms with E-state index in [0.717, 1.165) is 5.56 Å². The molecule has 7 nitrogen and oxygen atoms in total. The number of hydrogen-bond donors (Lipinski definition) is 0. The molecule has 0 radical (unpaired) electrons. The molecule has 2 rings (SSSR count). The van der Waals surface area contributed by atoms with Crippen molar-refractivity contribution in [2.45, 2.75) is 44.7 Å². The van der Waals surface area contributed by atoms with Gasteiger partial charge in [-0.15, -0.1) is 0 Å². The van der Waals surface area contributed by atoms with Crippen LogP contribution in [0.4, 0.5) is 0 Å². The van der Waals surface area contributed by atoms with E-state index in [1.807, 2.05) is 44.2 Å². The van der Waals surface area contributed by atoms with Crippen molar-refractivity contribution >= 4 is 17.9 Å². The highest BCUT2D eigenvalue weighted by Crippen LogP contribution is 2.44. The minimum absolute atomic E-state index is 0.169. The second-order valence-electron chi connectivity index (χ2n) is 6.39. The Morgan fingerprint density at radius 3 is 2.04 bits per heavy atom. The van der Waals surface area contributed by atoms with E-state index in [0.29, 0.717) is 25.8 Å². The van der Waals surface area contributed by atoms with Gasteiger partial charge in [0.2, 0.25) is 5.54 Å². The predicted molar refractivity (Wildman–Crippen MR) is 97.9 cm³/mol. The second kappa shape index (κ2) is 9.50. The molecule has 1 aliphatic heterocycles. The molecule has 0 amide bonds. The van der Waals surface area contributed by atoms with Crippen LogP contribution in [0.3, 0.4) is 0 Å². The van der Waals surface area contributed by atoms with Crippen molar-refractivity contribution in [2.24, 2.45) is 0 Å². The van der Waals surface area contributed by atoms with Gasteiger partial charge in [0.1, 0.15) is 0 Å². The molecule has 0 N–H and O–H groups in total. The first-order valence-electron chi connectivity index (χ1n) is 9.26. The van der Waals surface area contributed by atoms with Gasteiger partial charge in [0.05, 0.1) is 20.3 Å². The third-order valence-corrected chi connectivity index (χ3v) is 4.50. The summed E-state index contributed by atoms with van der Waals surface area (Å²) in [7, 11) is 1.23. The number of methoxy groups -OCH3 is 1. The van der Waals surface area contributed by atoms with Crippen molar-refractivity contribution in [1.82, 2.24) is 4.90 Å². The van der Waals surface area contributed by atoms with E-state index >= 15 is 0 Å². The normalized spacial score (nSPS) is 19.8. The highest BCUT2D eigenvalue weighted by Gasteiger charge is 2.78. The van der Waals surface area contributed by atoms with E-state index in [1.165, 1.54) is 12.0 Å². The Balaban J connectivity index is 2.26. The van der Waals surface area contributed by atoms with Crippen LogP contribution in [0.2, 0.25) is 0 Å². The largest absolute Gasteiger partial charge is 0.468 e. The summed E-state index contributed by atoms with van der Waals surface area (Å²) in [6.45, 7) is 4.37. The molecule has 0 bridgehead atoms. The van der Waals surface area contributed by atoms with Gasteiger partial charge in [-0.3, -0.25) is 9.69 Å². The Morgan fingerprint density at radius 1 is 1.00 bits per heavy atom. The van der Waals surface area contributed by atoms with Gasteiger partial charge in [0.15, 0.2) is 6.04 Å². The molecule has 0 aliphatic carbocycles. The van der Waals surface area contributed by atoms with E-state index in [4.69, 9.17) is 14.2 Å². The Kier molecular flexibility index (Phi) is 7.36. The lowest BCUT2D eigenvalue weighted by Crippen LogP contribution is -2.44. The van der Waals surface area contributed by atoms with Gasteiger partial charge >= 0.3 is 17.9 Å². The first kappa shape index (κ1) is 20.9. The molecule has 1 fully saturated rings. The van der Waals surface area contributed by atoms with Crippen molar-refractivity contribution in [1.29, 1.82) is 0 Å². The lowest BCUT2D eigenvalue weighted by Gasteiger charge is -2.15. The highest BCUT2D eigenvalue weighted by atomic mass is 16.6. The van der Waals surface area contributed by atoms with Gasteiger partial charge in [-0.1, -0.05) is 44.2 Å². The van der Waals surface area contributed by atoms with Gasteiger partial charge in [-0.2, -0.15) is 0 Å². The third-order valence-electron chi connectivity index (χ3n) is 4.50. The van der Waals surface area contributed by atoms with Crippen LogP contribution in [0.25, 0.3) is 0 Å². The number of nitrogens with zero attached hydrogens (tertiary/aromatic N) is 1. The molecule has 2 unspecified atom stereocenters. The summed E-state index contributed by atoms with van der Waals surface area (Å²) >= 11 is 0. The van der Waals surface area contributed by atoms with Crippen molar-refractivity contribution in [2.75, 3.05) is 26.9 Å². The lowest BCUT2D eigenvalue weighted by molar-refractivity contribution is -0.162. The van der Waals surface area contributed by atoms with E-state index < -0.39 is 29.5 Å². The molecule has 7 heteroatoms. The molecule has 2 atom stereocenters. The highest BCUT2D eigenvalue weighted by molar-refractivity contribution is 6.15. The summed E-state index contributed by atoms with van der Waals surface area (Å²) in [6, 6.07) is 8.60. The zero-order valence-corrected chi connectivity index (χ0v) is 16.1. The molecule has 1 heterocycles. The first-order valence-corrected chi connectivity index (χ1v) is 9.26. The predicted octanol–water partition coefficient (Wildman–Crippen LogP) is 1.73. The Labute approximate surface area is 159 Å². The minimum Gasteiger partial charge on any atom is -0.468 e. The number of ether oxygens (including phenoxy) is 3. The second-order valence-corrected chi connectivity index (χ2v) is 6.39. The summed E-state index contributed by atoms with van der Waals surface area (Å²) in [5, 5.41) is 0. The molecule has 0 aromatic heterocycles. The van der Waals surface area contributed by atoms with Crippen molar-refractivity contribution in [3.63, 3.8) is 0 Å². The van der Waals surface area contributed by atoms with E-state index in [9.17, 15) is 14.4 Å². The lowest BCUT2D eigenvalue weighted by atomic mass is 10.1. The number of hydrogen-bond acceptors (Lipinski definition) is 7. The van der Waals surface area contributed by atoms with Crippen molar-refractivity contribution < 1.29 is 28.6 Å². The van der Waals surface area contributed by atoms with Crippen LogP contribution in [0.5, 0.6) is 0 Å². The Morgan fingerprint density at radius 2 is 1.56 bits per heavy atom. The van der Waals surface area contributed by atoms with Crippen LogP contribution in [0.1, 0.15) is 32.3 Å². The summed E-state index contributed by atoms with van der Waals surface area (Å²) in [6.07, 6.45) is 1.79. The number of benzene rings is 1. The summed E-state index contributed by atoms with van der Waals surface area (Å²) in [5.41, 5.74) is -0.725. The fourth-order valence-electron chi connectivity index (χ4n) is 3.10. The van der Waals surface area contributed by atoms with Crippen LogP contribution >= 0.6 is 0 Å². The molecule has 1 aliphatic rings. The topological polar surface area (TPSA) is 81.9 Å². The summed E-state index contributed by atoms with van der Waals surface area (Å²) < 4.78 is 15.3. The van der Waals surface area contributed by atoms with Crippen molar-refractivity contribution in [3.8, 4) is 0 Å². The fraction of sp³-hybridized carbons (Fsp3) is 0.550. The zero-order chi connectivity index (χ0) is 19.9. The SMILES string of the molecule is CCCOC(=O)C1(C(=O)OCCC)C(C(=O)OC)N1CCc1ccccc1. The molecule has 27 heavy (non-hydrogen) atoms. The monoisotopic (exact) mass is 377 g/mol. The maximum absolute atomic E-state index is 12.8. The van der Waals surface area contributed by atoms with Gasteiger partial charge in [-0.25, -0.2) is 9.59 Å². The molecular weight excluding hydrogens is 350 g/mol. The van der Waals surface area contributed by atoms with Crippen molar-refractivity contribution in [3.05, 3.63) is 35.9 Å². The molecule has 1 saturated heterocycles. The quantitative estimate of drug-likeness (QED) is 0.266. The van der Waals surface area contributed by atoms with Crippen LogP contribution in [0, 0.1) is 0 Å². The molecule has 1 aromatic carbocycles. The van der Waals surface area contributed by atoms with Gasteiger partial charge in [0.25, 0.3) is 0 Å². The fourth-order valence-corrected chi connectivity index (χ4v) is 3.10. The van der Waals surface area contributed by atoms with Gasteiger partial charge in [-0.05, 0) is 24.8 Å². The third kappa shape index (κ3) is 4.30. The van der Waals surface area contributed by atoms with E-state index in [-0.39, 0.29) is 13.2 Å². The Hall–Kier alpha value is -2.41. The van der Waals surface area contributed by atoms with Crippen LogP contribution in [-0.2, 0) is 35.0 Å². The molecular formula is C20H27NO6. The maximum atomic E-state index is 12.8. The Bertz CT molecular complexity index is 640. The number of rotatable bonds is 10. The standard InChI is InChI=1S/C20H27NO6/c1-4-13-26-18(23)20(19(24)27-14-5-2)16(17(22)25-3)21(20)12-11-15-9-7-6-8-10-15/h6-10,16H,4-5,11-14H2,1-3H3. The average molecular weight is 377 g/mol. The number of esters is 3. The number of carbonyl (C=O) groups excluding carboxylic acids is 3. The average Bonchev–Trinajstić information content (AvgIpc) is 3.38.